The van der Waals surface area contributed by atoms with E-state index in [2.05, 4.69) is 0 Å². The Labute approximate surface area is 111 Å². The predicted molar refractivity (Wildman–Crippen MR) is 69.2 cm³/mol. The second kappa shape index (κ2) is 9.42. The number of aliphatic hydroxyl groups is 3. The minimum absolute atomic E-state index is 0.212. The highest BCUT2D eigenvalue weighted by molar-refractivity contribution is 5.73. The molecule has 0 fully saturated rings. The minimum Gasteiger partial charge on any atom is -0.480 e. The van der Waals surface area contributed by atoms with Gasteiger partial charge in [-0.3, -0.25) is 4.79 Å². The fraction of sp³-hybridized carbons (Fsp3) is 0.417. The van der Waals surface area contributed by atoms with E-state index in [1.807, 2.05) is 18.2 Å². The van der Waals surface area contributed by atoms with Gasteiger partial charge in [0.15, 0.2) is 0 Å². The molecule has 1 rings (SSSR count). The van der Waals surface area contributed by atoms with E-state index in [1.54, 1.807) is 12.1 Å². The lowest BCUT2D eigenvalue weighted by Gasteiger charge is -2.16. The number of carbonyl (C=O) groups is 1. The Bertz CT molecular complexity index is 360. The smallest absolute Gasteiger partial charge is 0.322 e. The third-order valence-electron chi connectivity index (χ3n) is 2.27. The van der Waals surface area contributed by atoms with Gasteiger partial charge < -0.3 is 31.9 Å². The summed E-state index contributed by atoms with van der Waals surface area (Å²) in [5, 5.41) is 34.1. The maximum atomic E-state index is 9.65. The summed E-state index contributed by atoms with van der Waals surface area (Å²) < 4.78 is 0. The van der Waals surface area contributed by atoms with Crippen LogP contribution in [0, 0.1) is 0 Å². The van der Waals surface area contributed by atoms with Crippen molar-refractivity contribution < 1.29 is 25.2 Å². The molecule has 8 N–H and O–H groups in total. The fourth-order valence-electron chi connectivity index (χ4n) is 1.08. The summed E-state index contributed by atoms with van der Waals surface area (Å²) in [6.07, 6.45) is -0.781. The van der Waals surface area contributed by atoms with E-state index < -0.39 is 30.8 Å². The van der Waals surface area contributed by atoms with Crippen molar-refractivity contribution in [2.75, 3.05) is 13.2 Å². The van der Waals surface area contributed by atoms with Gasteiger partial charge in [-0.2, -0.15) is 0 Å². The van der Waals surface area contributed by atoms with Crippen LogP contribution in [0.2, 0.25) is 0 Å². The van der Waals surface area contributed by atoms with E-state index in [-0.39, 0.29) is 6.61 Å². The average molecular weight is 272 g/mol. The molecule has 3 atom stereocenters. The molecule has 0 aromatic heterocycles. The lowest BCUT2D eigenvalue weighted by Crippen LogP contribution is -2.33. The molecular formula is C12H20N2O5. The normalized spacial score (nSPS) is 14.8. The standard InChI is InChI=1S/C9H13NO2.C3H7NO3/c10-8(6-11)9(12)7-4-2-1-3-5-7;4-2(1-5)3(6)7/h1-5,8-9,11-12H,6,10H2;2,5H,1,4H2,(H,6,7)/t8-,9-;2-/m01/s1. The molecule has 0 radical (unpaired) electrons. The number of carboxylic acid groups (broad SMARTS) is 1. The lowest BCUT2D eigenvalue weighted by atomic mass is 10.0. The number of carboxylic acids is 1. The van der Waals surface area contributed by atoms with Gasteiger partial charge in [-0.15, -0.1) is 0 Å². The molecule has 0 heterocycles. The van der Waals surface area contributed by atoms with Crippen molar-refractivity contribution in [3.63, 3.8) is 0 Å². The summed E-state index contributed by atoms with van der Waals surface area (Å²) in [7, 11) is 0. The molecule has 0 bridgehead atoms. The van der Waals surface area contributed by atoms with Crippen molar-refractivity contribution >= 4 is 5.97 Å². The highest BCUT2D eigenvalue weighted by atomic mass is 16.4. The minimum atomic E-state index is -1.18. The maximum absolute atomic E-state index is 9.65. The zero-order chi connectivity index (χ0) is 14.8. The maximum Gasteiger partial charge on any atom is 0.322 e. The highest BCUT2D eigenvalue weighted by Gasteiger charge is 2.14. The molecule has 0 aliphatic heterocycles. The van der Waals surface area contributed by atoms with Gasteiger partial charge in [-0.1, -0.05) is 30.3 Å². The molecule has 7 heteroatoms. The molecule has 0 spiro atoms. The summed E-state index contributed by atoms with van der Waals surface area (Å²) in [5.74, 6) is -1.18. The van der Waals surface area contributed by atoms with E-state index in [0.29, 0.717) is 0 Å². The van der Waals surface area contributed by atoms with Crippen molar-refractivity contribution in [2.24, 2.45) is 11.5 Å². The van der Waals surface area contributed by atoms with Crippen molar-refractivity contribution in [2.45, 2.75) is 18.2 Å². The van der Waals surface area contributed by atoms with Crippen LogP contribution in [0.25, 0.3) is 0 Å². The topological polar surface area (TPSA) is 150 Å². The van der Waals surface area contributed by atoms with Gasteiger partial charge in [0.05, 0.1) is 25.4 Å². The fourth-order valence-corrected chi connectivity index (χ4v) is 1.08. The number of hydrogen-bond acceptors (Lipinski definition) is 6. The molecule has 0 aliphatic rings. The number of aliphatic carboxylic acids is 1. The first-order chi connectivity index (χ1) is 8.93. The van der Waals surface area contributed by atoms with Gasteiger partial charge in [-0.25, -0.2) is 0 Å². The summed E-state index contributed by atoms with van der Waals surface area (Å²) in [4.78, 5) is 9.65. The average Bonchev–Trinajstić information content (AvgIpc) is 2.46. The van der Waals surface area contributed by atoms with Crippen LogP contribution in [0.3, 0.4) is 0 Å². The van der Waals surface area contributed by atoms with E-state index in [9.17, 15) is 9.90 Å². The van der Waals surface area contributed by atoms with E-state index in [4.69, 9.17) is 26.8 Å². The van der Waals surface area contributed by atoms with Gasteiger partial charge >= 0.3 is 5.97 Å². The largest absolute Gasteiger partial charge is 0.480 e. The lowest BCUT2D eigenvalue weighted by molar-refractivity contribution is -0.139. The third-order valence-corrected chi connectivity index (χ3v) is 2.27. The Morgan fingerprint density at radius 3 is 1.95 bits per heavy atom. The first kappa shape index (κ1) is 17.5. The van der Waals surface area contributed by atoms with Gasteiger partial charge in [0, 0.05) is 0 Å². The second-order valence-corrected chi connectivity index (χ2v) is 3.83. The molecule has 1 aromatic rings. The molecule has 0 saturated heterocycles. The number of rotatable bonds is 5. The van der Waals surface area contributed by atoms with E-state index in [1.165, 1.54) is 0 Å². The Kier molecular flexibility index (Phi) is 8.68. The van der Waals surface area contributed by atoms with Crippen LogP contribution in [0.15, 0.2) is 30.3 Å². The summed E-state index contributed by atoms with van der Waals surface area (Å²) in [6.45, 7) is -0.717. The second-order valence-electron chi connectivity index (χ2n) is 3.83. The summed E-state index contributed by atoms with van der Waals surface area (Å²) >= 11 is 0. The van der Waals surface area contributed by atoms with Crippen molar-refractivity contribution in [1.82, 2.24) is 0 Å². The first-order valence-electron chi connectivity index (χ1n) is 5.62. The van der Waals surface area contributed by atoms with Gasteiger partial charge in [0.1, 0.15) is 6.04 Å². The van der Waals surface area contributed by atoms with E-state index >= 15 is 0 Å². The molecule has 0 aliphatic carbocycles. The molecule has 108 valence electrons. The van der Waals surface area contributed by atoms with Crippen LogP contribution >= 0.6 is 0 Å². The SMILES string of the molecule is N[C@@H](CO)[C@@H](O)c1ccccc1.N[C@H](CO)C(=O)O. The van der Waals surface area contributed by atoms with Gasteiger partial charge in [-0.05, 0) is 5.56 Å². The van der Waals surface area contributed by atoms with Crippen molar-refractivity contribution in [3.8, 4) is 0 Å². The van der Waals surface area contributed by atoms with E-state index in [0.717, 1.165) is 5.56 Å². The first-order valence-corrected chi connectivity index (χ1v) is 5.62. The zero-order valence-electron chi connectivity index (χ0n) is 10.4. The van der Waals surface area contributed by atoms with Gasteiger partial charge in [0.2, 0.25) is 0 Å². The van der Waals surface area contributed by atoms with Crippen LogP contribution < -0.4 is 11.5 Å². The number of aliphatic hydroxyl groups excluding tert-OH is 3. The van der Waals surface area contributed by atoms with Gasteiger partial charge in [0.25, 0.3) is 0 Å². The molecule has 1 aromatic carbocycles. The van der Waals surface area contributed by atoms with Crippen molar-refractivity contribution in [1.29, 1.82) is 0 Å². The summed E-state index contributed by atoms with van der Waals surface area (Å²) in [6, 6.07) is 7.33. The molecule has 0 amide bonds. The monoisotopic (exact) mass is 272 g/mol. The Morgan fingerprint density at radius 2 is 1.63 bits per heavy atom. The third kappa shape index (κ3) is 6.85. The number of hydrogen-bond donors (Lipinski definition) is 6. The van der Waals surface area contributed by atoms with Crippen LogP contribution in [0.1, 0.15) is 11.7 Å². The van der Waals surface area contributed by atoms with Crippen LogP contribution in [0.4, 0.5) is 0 Å². The highest BCUT2D eigenvalue weighted by Crippen LogP contribution is 2.14. The Balaban J connectivity index is 0.000000399. The molecule has 0 saturated carbocycles. The Hall–Kier alpha value is -1.51. The predicted octanol–water partition coefficient (Wildman–Crippen LogP) is -1.57. The summed E-state index contributed by atoms with van der Waals surface area (Å²) in [5.41, 5.74) is 10.9. The number of benzene rings is 1. The molecule has 0 unspecified atom stereocenters. The van der Waals surface area contributed by atoms with Crippen LogP contribution in [0.5, 0.6) is 0 Å². The Morgan fingerprint density at radius 1 is 1.11 bits per heavy atom. The van der Waals surface area contributed by atoms with Crippen LogP contribution in [-0.2, 0) is 4.79 Å². The van der Waals surface area contributed by atoms with Crippen LogP contribution in [-0.4, -0.2) is 51.7 Å². The number of nitrogens with two attached hydrogens (primary N) is 2. The van der Waals surface area contributed by atoms with Crippen molar-refractivity contribution in [3.05, 3.63) is 35.9 Å². The quantitative estimate of drug-likeness (QED) is 0.379. The molecular weight excluding hydrogens is 252 g/mol. The zero-order valence-corrected chi connectivity index (χ0v) is 10.4. The molecule has 19 heavy (non-hydrogen) atoms. The molecule has 7 nitrogen and oxygen atoms in total.